The van der Waals surface area contributed by atoms with Gasteiger partial charge in [-0.05, 0) is 35.8 Å². The Labute approximate surface area is 103 Å². The minimum Gasteiger partial charge on any atom is -0.493 e. The molecule has 0 unspecified atom stereocenters. The van der Waals surface area contributed by atoms with Crippen LogP contribution in [0.15, 0.2) is 16.6 Å². The summed E-state index contributed by atoms with van der Waals surface area (Å²) in [6.07, 6.45) is 0. The van der Waals surface area contributed by atoms with Gasteiger partial charge in [-0.2, -0.15) is 0 Å². The quantitative estimate of drug-likeness (QED) is 0.834. The summed E-state index contributed by atoms with van der Waals surface area (Å²) in [5, 5.41) is 2.73. The largest absolute Gasteiger partial charge is 0.493 e. The van der Waals surface area contributed by atoms with Gasteiger partial charge in [0.2, 0.25) is 0 Å². The Morgan fingerprint density at radius 2 is 2.19 bits per heavy atom. The minimum atomic E-state index is -0.161. The van der Waals surface area contributed by atoms with Crippen LogP contribution in [0.1, 0.15) is 24.2 Å². The zero-order chi connectivity index (χ0) is 12.1. The maximum atomic E-state index is 11.8. The molecule has 0 bridgehead atoms. The molecule has 4 nitrogen and oxygen atoms in total. The predicted molar refractivity (Wildman–Crippen MR) is 67.7 cm³/mol. The third-order valence-electron chi connectivity index (χ3n) is 1.98. The Morgan fingerprint density at radius 1 is 1.50 bits per heavy atom. The number of nitrogens with one attached hydrogen (secondary N) is 1. The van der Waals surface area contributed by atoms with Crippen molar-refractivity contribution in [1.82, 2.24) is 5.32 Å². The summed E-state index contributed by atoms with van der Waals surface area (Å²) in [4.78, 5) is 11.8. The highest BCUT2D eigenvalue weighted by molar-refractivity contribution is 9.10. The fourth-order valence-electron chi connectivity index (χ4n) is 1.28. The van der Waals surface area contributed by atoms with E-state index in [0.717, 1.165) is 0 Å². The van der Waals surface area contributed by atoms with E-state index in [-0.39, 0.29) is 5.91 Å². The second kappa shape index (κ2) is 5.75. The van der Waals surface area contributed by atoms with E-state index in [2.05, 4.69) is 21.2 Å². The first kappa shape index (κ1) is 12.8. The first-order valence-electron chi connectivity index (χ1n) is 5.10. The molecule has 1 aromatic rings. The van der Waals surface area contributed by atoms with Gasteiger partial charge in [-0.3, -0.25) is 4.79 Å². The summed E-state index contributed by atoms with van der Waals surface area (Å²) in [7, 11) is 0. The number of halogens is 1. The fourth-order valence-corrected chi connectivity index (χ4v) is 1.62. The second-order valence-electron chi connectivity index (χ2n) is 3.16. The van der Waals surface area contributed by atoms with Gasteiger partial charge >= 0.3 is 0 Å². The third kappa shape index (κ3) is 2.88. The molecule has 0 aliphatic rings. The lowest BCUT2D eigenvalue weighted by atomic mass is 10.1. The molecule has 5 heteroatoms. The van der Waals surface area contributed by atoms with Gasteiger partial charge in [0.1, 0.15) is 5.75 Å². The van der Waals surface area contributed by atoms with E-state index in [1.54, 1.807) is 12.1 Å². The Hall–Kier alpha value is -1.23. The molecule has 16 heavy (non-hydrogen) atoms. The maximum Gasteiger partial charge on any atom is 0.255 e. The Morgan fingerprint density at radius 3 is 2.75 bits per heavy atom. The number of anilines is 1. The summed E-state index contributed by atoms with van der Waals surface area (Å²) >= 11 is 3.29. The summed E-state index contributed by atoms with van der Waals surface area (Å²) in [5.74, 6) is 0.348. The predicted octanol–water partition coefficient (Wildman–Crippen LogP) is 2.18. The molecule has 3 N–H and O–H groups in total. The van der Waals surface area contributed by atoms with Crippen molar-refractivity contribution in [2.75, 3.05) is 18.9 Å². The van der Waals surface area contributed by atoms with Crippen LogP contribution in [0.3, 0.4) is 0 Å². The number of benzene rings is 1. The average molecular weight is 287 g/mol. The van der Waals surface area contributed by atoms with Crippen LogP contribution in [-0.2, 0) is 0 Å². The van der Waals surface area contributed by atoms with E-state index in [9.17, 15) is 4.79 Å². The Kier molecular flexibility index (Phi) is 4.61. The molecule has 0 saturated heterocycles. The van der Waals surface area contributed by atoms with Crippen LogP contribution >= 0.6 is 15.9 Å². The number of hydrogen-bond donors (Lipinski definition) is 2. The van der Waals surface area contributed by atoms with Gasteiger partial charge in [0.15, 0.2) is 0 Å². The molecule has 0 spiro atoms. The standard InChI is InChI=1S/C11H15BrN2O2/c1-3-14-11(15)7-5-8(12)9(13)6-10(7)16-4-2/h5-6H,3-4,13H2,1-2H3,(H,14,15). The molecular weight excluding hydrogens is 272 g/mol. The lowest BCUT2D eigenvalue weighted by Crippen LogP contribution is -2.23. The van der Waals surface area contributed by atoms with Gasteiger partial charge in [0.25, 0.3) is 5.91 Å². The second-order valence-corrected chi connectivity index (χ2v) is 4.02. The number of rotatable bonds is 4. The highest BCUT2D eigenvalue weighted by Gasteiger charge is 2.14. The Bertz CT molecular complexity index is 394. The van der Waals surface area contributed by atoms with E-state index in [4.69, 9.17) is 10.5 Å². The molecule has 1 rings (SSSR count). The first-order chi connectivity index (χ1) is 7.60. The molecular formula is C11H15BrN2O2. The normalized spacial score (nSPS) is 9.94. The van der Waals surface area contributed by atoms with E-state index in [0.29, 0.717) is 34.6 Å². The fraction of sp³-hybridized carbons (Fsp3) is 0.364. The van der Waals surface area contributed by atoms with E-state index < -0.39 is 0 Å². The molecule has 0 fully saturated rings. The molecule has 88 valence electrons. The maximum absolute atomic E-state index is 11.8. The summed E-state index contributed by atoms with van der Waals surface area (Å²) < 4.78 is 6.07. The molecule has 1 amide bonds. The molecule has 0 heterocycles. The van der Waals surface area contributed by atoms with Crippen molar-refractivity contribution in [1.29, 1.82) is 0 Å². The number of carbonyl (C=O) groups is 1. The van der Waals surface area contributed by atoms with Crippen LogP contribution in [0.4, 0.5) is 5.69 Å². The van der Waals surface area contributed by atoms with Crippen molar-refractivity contribution in [3.63, 3.8) is 0 Å². The van der Waals surface area contributed by atoms with Gasteiger partial charge in [0.05, 0.1) is 12.2 Å². The molecule has 0 saturated carbocycles. The smallest absolute Gasteiger partial charge is 0.255 e. The average Bonchev–Trinajstić information content (AvgIpc) is 2.23. The van der Waals surface area contributed by atoms with Gasteiger partial charge in [0, 0.05) is 22.8 Å². The molecule has 0 atom stereocenters. The molecule has 0 aromatic heterocycles. The van der Waals surface area contributed by atoms with Crippen LogP contribution in [0.25, 0.3) is 0 Å². The van der Waals surface area contributed by atoms with Crippen molar-refractivity contribution in [3.05, 3.63) is 22.2 Å². The van der Waals surface area contributed by atoms with Crippen molar-refractivity contribution in [3.8, 4) is 5.75 Å². The lowest BCUT2D eigenvalue weighted by Gasteiger charge is -2.11. The zero-order valence-electron chi connectivity index (χ0n) is 9.34. The molecule has 0 aliphatic heterocycles. The van der Waals surface area contributed by atoms with Gasteiger partial charge in [-0.1, -0.05) is 0 Å². The van der Waals surface area contributed by atoms with Crippen LogP contribution in [0.2, 0.25) is 0 Å². The Balaban J connectivity index is 3.13. The van der Waals surface area contributed by atoms with Crippen molar-refractivity contribution < 1.29 is 9.53 Å². The van der Waals surface area contributed by atoms with Gasteiger partial charge in [-0.25, -0.2) is 0 Å². The number of amides is 1. The van der Waals surface area contributed by atoms with Crippen molar-refractivity contribution >= 4 is 27.5 Å². The summed E-state index contributed by atoms with van der Waals surface area (Å²) in [5.41, 5.74) is 6.78. The van der Waals surface area contributed by atoms with Crippen molar-refractivity contribution in [2.24, 2.45) is 0 Å². The van der Waals surface area contributed by atoms with E-state index >= 15 is 0 Å². The van der Waals surface area contributed by atoms with Crippen LogP contribution in [0, 0.1) is 0 Å². The number of hydrogen-bond acceptors (Lipinski definition) is 3. The van der Waals surface area contributed by atoms with Gasteiger partial charge in [-0.15, -0.1) is 0 Å². The molecule has 0 radical (unpaired) electrons. The number of nitrogens with two attached hydrogens (primary N) is 1. The number of carbonyl (C=O) groups excluding carboxylic acids is 1. The topological polar surface area (TPSA) is 64.4 Å². The summed E-state index contributed by atoms with van der Waals surface area (Å²) in [6.45, 7) is 4.80. The highest BCUT2D eigenvalue weighted by atomic mass is 79.9. The number of ether oxygens (including phenoxy) is 1. The van der Waals surface area contributed by atoms with Crippen molar-refractivity contribution in [2.45, 2.75) is 13.8 Å². The highest BCUT2D eigenvalue weighted by Crippen LogP contribution is 2.29. The molecule has 1 aromatic carbocycles. The molecule has 0 aliphatic carbocycles. The lowest BCUT2D eigenvalue weighted by molar-refractivity contribution is 0.0952. The van der Waals surface area contributed by atoms with Crippen LogP contribution in [0.5, 0.6) is 5.75 Å². The van der Waals surface area contributed by atoms with Crippen LogP contribution < -0.4 is 15.8 Å². The van der Waals surface area contributed by atoms with Crippen LogP contribution in [-0.4, -0.2) is 19.1 Å². The number of nitrogen functional groups attached to an aromatic ring is 1. The SMILES string of the molecule is CCNC(=O)c1cc(Br)c(N)cc1OCC. The zero-order valence-corrected chi connectivity index (χ0v) is 10.9. The third-order valence-corrected chi connectivity index (χ3v) is 2.67. The monoisotopic (exact) mass is 286 g/mol. The first-order valence-corrected chi connectivity index (χ1v) is 5.89. The van der Waals surface area contributed by atoms with E-state index in [1.807, 2.05) is 13.8 Å². The summed E-state index contributed by atoms with van der Waals surface area (Å²) in [6, 6.07) is 3.32. The van der Waals surface area contributed by atoms with E-state index in [1.165, 1.54) is 0 Å². The minimum absolute atomic E-state index is 0.161. The van der Waals surface area contributed by atoms with Gasteiger partial charge < -0.3 is 15.8 Å².